The van der Waals surface area contributed by atoms with Crippen LogP contribution in [-0.4, -0.2) is 26.0 Å². The van der Waals surface area contributed by atoms with E-state index in [0.717, 1.165) is 17.0 Å². The van der Waals surface area contributed by atoms with Crippen LogP contribution < -0.4 is 0 Å². The predicted octanol–water partition coefficient (Wildman–Crippen LogP) is 5.08. The number of aromatic nitrogens is 3. The standard InChI is InChI=1S/C20H20Cl2N4O/c1-13(2)18-10-19(25-24-18)20(27)26(12-15-5-3-4-8-23-15)11-14-6-7-16(21)17(22)9-14/h3-10,13H,11-12H2,1-2H3,(H,24,25). The molecular formula is C20H20Cl2N4O. The number of aromatic amines is 1. The summed E-state index contributed by atoms with van der Waals surface area (Å²) in [5.74, 6) is 0.0910. The zero-order valence-corrected chi connectivity index (χ0v) is 16.6. The second kappa shape index (κ2) is 8.55. The molecule has 2 heterocycles. The number of carbonyl (C=O) groups excluding carboxylic acids is 1. The monoisotopic (exact) mass is 402 g/mol. The summed E-state index contributed by atoms with van der Waals surface area (Å²) in [6.45, 7) is 4.83. The molecule has 0 bridgehead atoms. The fourth-order valence-electron chi connectivity index (χ4n) is 2.65. The van der Waals surface area contributed by atoms with Gasteiger partial charge in [0.05, 0.1) is 22.3 Å². The molecular weight excluding hydrogens is 383 g/mol. The molecule has 1 aromatic carbocycles. The molecule has 0 spiro atoms. The van der Waals surface area contributed by atoms with E-state index in [1.54, 1.807) is 29.3 Å². The molecule has 5 nitrogen and oxygen atoms in total. The summed E-state index contributed by atoms with van der Waals surface area (Å²) in [5.41, 5.74) is 2.99. The molecule has 27 heavy (non-hydrogen) atoms. The van der Waals surface area contributed by atoms with Gasteiger partial charge in [0, 0.05) is 18.4 Å². The zero-order valence-electron chi connectivity index (χ0n) is 15.1. The first kappa shape index (κ1) is 19.4. The van der Waals surface area contributed by atoms with Crippen LogP contribution in [0, 0.1) is 0 Å². The molecule has 0 saturated carbocycles. The van der Waals surface area contributed by atoms with E-state index in [9.17, 15) is 4.79 Å². The van der Waals surface area contributed by atoms with Gasteiger partial charge in [0.15, 0.2) is 0 Å². The molecule has 1 N–H and O–H groups in total. The van der Waals surface area contributed by atoms with E-state index in [-0.39, 0.29) is 11.8 Å². The Hall–Kier alpha value is -2.37. The first-order chi connectivity index (χ1) is 12.9. The van der Waals surface area contributed by atoms with E-state index >= 15 is 0 Å². The van der Waals surface area contributed by atoms with Crippen molar-refractivity contribution in [3.05, 3.63) is 81.4 Å². The second-order valence-electron chi connectivity index (χ2n) is 6.59. The van der Waals surface area contributed by atoms with Crippen LogP contribution in [-0.2, 0) is 13.1 Å². The molecule has 0 atom stereocenters. The Morgan fingerprint density at radius 3 is 2.56 bits per heavy atom. The minimum absolute atomic E-state index is 0.171. The number of hydrogen-bond donors (Lipinski definition) is 1. The number of benzene rings is 1. The van der Waals surface area contributed by atoms with Crippen molar-refractivity contribution in [2.75, 3.05) is 0 Å². The Bertz CT molecular complexity index is 925. The number of nitrogens with zero attached hydrogens (tertiary/aromatic N) is 3. The summed E-state index contributed by atoms with van der Waals surface area (Å²) in [6.07, 6.45) is 1.71. The van der Waals surface area contributed by atoms with Gasteiger partial charge < -0.3 is 4.90 Å². The van der Waals surface area contributed by atoms with E-state index in [1.807, 2.05) is 38.1 Å². The lowest BCUT2D eigenvalue weighted by Crippen LogP contribution is -2.30. The van der Waals surface area contributed by atoms with Gasteiger partial charge in [0.25, 0.3) is 5.91 Å². The third-order valence-electron chi connectivity index (χ3n) is 4.16. The van der Waals surface area contributed by atoms with Gasteiger partial charge in [-0.2, -0.15) is 5.10 Å². The maximum atomic E-state index is 13.1. The maximum Gasteiger partial charge on any atom is 0.275 e. The molecule has 0 aliphatic rings. The summed E-state index contributed by atoms with van der Waals surface area (Å²) >= 11 is 12.1. The number of amides is 1. The highest BCUT2D eigenvalue weighted by molar-refractivity contribution is 6.42. The van der Waals surface area contributed by atoms with Gasteiger partial charge in [0.2, 0.25) is 0 Å². The summed E-state index contributed by atoms with van der Waals surface area (Å²) < 4.78 is 0. The molecule has 3 aromatic rings. The van der Waals surface area contributed by atoms with E-state index in [1.165, 1.54) is 0 Å². The molecule has 0 saturated heterocycles. The first-order valence-electron chi connectivity index (χ1n) is 8.62. The Morgan fingerprint density at radius 1 is 1.11 bits per heavy atom. The van der Waals surface area contributed by atoms with Crippen LogP contribution in [0.4, 0.5) is 0 Å². The van der Waals surface area contributed by atoms with Gasteiger partial charge in [-0.3, -0.25) is 14.9 Å². The minimum atomic E-state index is -0.171. The highest BCUT2D eigenvalue weighted by Gasteiger charge is 2.21. The molecule has 0 radical (unpaired) electrons. The molecule has 1 amide bonds. The number of H-pyrrole nitrogens is 1. The van der Waals surface area contributed by atoms with Gasteiger partial charge >= 0.3 is 0 Å². The van der Waals surface area contributed by atoms with Crippen molar-refractivity contribution in [2.45, 2.75) is 32.9 Å². The summed E-state index contributed by atoms with van der Waals surface area (Å²) in [5, 5.41) is 8.07. The van der Waals surface area contributed by atoms with Crippen LogP contribution >= 0.6 is 23.2 Å². The SMILES string of the molecule is CC(C)c1cc(C(=O)N(Cc2ccc(Cl)c(Cl)c2)Cc2ccccn2)n[nH]1. The van der Waals surface area contributed by atoms with E-state index in [0.29, 0.717) is 28.8 Å². The van der Waals surface area contributed by atoms with Crippen molar-refractivity contribution in [1.29, 1.82) is 0 Å². The smallest absolute Gasteiger partial charge is 0.275 e. The van der Waals surface area contributed by atoms with Crippen LogP contribution in [0.1, 0.15) is 47.2 Å². The highest BCUT2D eigenvalue weighted by atomic mass is 35.5. The average Bonchev–Trinajstić information content (AvgIpc) is 3.15. The number of pyridine rings is 1. The van der Waals surface area contributed by atoms with Crippen molar-refractivity contribution < 1.29 is 4.79 Å². The maximum absolute atomic E-state index is 13.1. The lowest BCUT2D eigenvalue weighted by molar-refractivity contribution is 0.0722. The predicted molar refractivity (Wildman–Crippen MR) is 107 cm³/mol. The van der Waals surface area contributed by atoms with Crippen molar-refractivity contribution in [3.63, 3.8) is 0 Å². The van der Waals surface area contributed by atoms with Gasteiger partial charge in [-0.05, 0) is 41.8 Å². The molecule has 7 heteroatoms. The third-order valence-corrected chi connectivity index (χ3v) is 4.90. The lowest BCUT2D eigenvalue weighted by atomic mass is 10.1. The molecule has 0 fully saturated rings. The van der Waals surface area contributed by atoms with Crippen molar-refractivity contribution in [2.24, 2.45) is 0 Å². The lowest BCUT2D eigenvalue weighted by Gasteiger charge is -2.22. The topological polar surface area (TPSA) is 61.9 Å². The first-order valence-corrected chi connectivity index (χ1v) is 9.38. The highest BCUT2D eigenvalue weighted by Crippen LogP contribution is 2.24. The van der Waals surface area contributed by atoms with E-state index in [4.69, 9.17) is 23.2 Å². The quantitative estimate of drug-likeness (QED) is 0.625. The zero-order chi connectivity index (χ0) is 19.4. The normalized spacial score (nSPS) is 11.0. The number of hydrogen-bond acceptors (Lipinski definition) is 3. The number of nitrogens with one attached hydrogen (secondary N) is 1. The van der Waals surface area contributed by atoms with Crippen molar-refractivity contribution >= 4 is 29.1 Å². The van der Waals surface area contributed by atoms with Crippen LogP contribution in [0.3, 0.4) is 0 Å². The fraction of sp³-hybridized carbons (Fsp3) is 0.250. The van der Waals surface area contributed by atoms with Gasteiger partial charge in [-0.1, -0.05) is 49.2 Å². The van der Waals surface area contributed by atoms with Crippen LogP contribution in [0.15, 0.2) is 48.7 Å². The van der Waals surface area contributed by atoms with Crippen molar-refractivity contribution in [1.82, 2.24) is 20.1 Å². The summed E-state index contributed by atoms with van der Waals surface area (Å²) in [4.78, 5) is 19.1. The number of carbonyl (C=O) groups is 1. The Morgan fingerprint density at radius 2 is 1.93 bits per heavy atom. The Kier molecular flexibility index (Phi) is 6.14. The fourth-order valence-corrected chi connectivity index (χ4v) is 2.97. The van der Waals surface area contributed by atoms with Crippen LogP contribution in [0.5, 0.6) is 0 Å². The van der Waals surface area contributed by atoms with E-state index < -0.39 is 0 Å². The van der Waals surface area contributed by atoms with E-state index in [2.05, 4.69) is 15.2 Å². The Balaban J connectivity index is 1.88. The van der Waals surface area contributed by atoms with Gasteiger partial charge in [-0.15, -0.1) is 0 Å². The number of rotatable bonds is 6. The molecule has 0 unspecified atom stereocenters. The van der Waals surface area contributed by atoms with Crippen LogP contribution in [0.25, 0.3) is 0 Å². The number of halogens is 2. The third kappa shape index (κ3) is 4.87. The minimum Gasteiger partial charge on any atom is -0.327 e. The molecule has 3 rings (SSSR count). The van der Waals surface area contributed by atoms with Crippen molar-refractivity contribution in [3.8, 4) is 0 Å². The largest absolute Gasteiger partial charge is 0.327 e. The molecule has 140 valence electrons. The molecule has 0 aliphatic carbocycles. The summed E-state index contributed by atoms with van der Waals surface area (Å²) in [6, 6.07) is 12.8. The molecule has 0 aliphatic heterocycles. The molecule has 2 aromatic heterocycles. The summed E-state index contributed by atoms with van der Waals surface area (Å²) in [7, 11) is 0. The second-order valence-corrected chi connectivity index (χ2v) is 7.41. The Labute approximate surface area is 168 Å². The van der Waals surface area contributed by atoms with Gasteiger partial charge in [0.1, 0.15) is 5.69 Å². The van der Waals surface area contributed by atoms with Crippen LogP contribution in [0.2, 0.25) is 10.0 Å². The van der Waals surface area contributed by atoms with Gasteiger partial charge in [-0.25, -0.2) is 0 Å². The average molecular weight is 403 g/mol.